The van der Waals surface area contributed by atoms with Gasteiger partial charge < -0.3 is 4.42 Å². The molecule has 11 rings (SSSR count). The van der Waals surface area contributed by atoms with Gasteiger partial charge in [-0.2, -0.15) is 0 Å². The van der Waals surface area contributed by atoms with Crippen LogP contribution in [0.25, 0.3) is 109 Å². The minimum absolute atomic E-state index is 0.0459. The Bertz CT molecular complexity index is 3860. The zero-order valence-corrected chi connectivity index (χ0v) is 26.7. The standard InChI is InChI=1S/C50H30O/c1-2-13-31(14-3-1)33-26-27-37-44(29-33)35-17-6-5-16-34(35)30-45(37)48-40-21-10-8-19-38(40)47(39-20-9-11-22-41(39)48)42-23-12-24-46-49(42)43-28-25-32-15-4-7-18-36(32)50(43)51-46/h1-30H/i1D,2D,3D,5D,6D,13D,14D,16D,17D,26D,27D,29D,30D. The highest BCUT2D eigenvalue weighted by Gasteiger charge is 2.22. The zero-order valence-electron chi connectivity index (χ0n) is 39.7. The van der Waals surface area contributed by atoms with Crippen LogP contribution in [0.4, 0.5) is 0 Å². The van der Waals surface area contributed by atoms with Gasteiger partial charge in [0.1, 0.15) is 11.2 Å². The molecule has 0 unspecified atom stereocenters. The molecule has 0 saturated carbocycles. The highest BCUT2D eigenvalue weighted by molar-refractivity contribution is 6.29. The van der Waals surface area contributed by atoms with E-state index in [0.29, 0.717) is 21.9 Å². The molecule has 11 aromatic rings. The third-order valence-corrected chi connectivity index (χ3v) is 9.84. The topological polar surface area (TPSA) is 13.1 Å². The molecular formula is C50H30O. The first-order chi connectivity index (χ1) is 30.7. The fraction of sp³-hybridized carbons (Fsp3) is 0. The largest absolute Gasteiger partial charge is 0.455 e. The molecule has 0 spiro atoms. The van der Waals surface area contributed by atoms with E-state index >= 15 is 0 Å². The van der Waals surface area contributed by atoms with E-state index in [9.17, 15) is 6.85 Å². The summed E-state index contributed by atoms with van der Waals surface area (Å²) in [5.74, 6) is 0. The first kappa shape index (κ1) is 18.3. The Morgan fingerprint density at radius 1 is 0.373 bits per heavy atom. The number of fused-ring (bicyclic) bond motifs is 10. The van der Waals surface area contributed by atoms with Crippen LogP contribution in [0.15, 0.2) is 186 Å². The van der Waals surface area contributed by atoms with Crippen LogP contribution in [-0.2, 0) is 0 Å². The van der Waals surface area contributed by atoms with E-state index in [4.69, 9.17) is 15.4 Å². The molecule has 0 N–H and O–H groups in total. The van der Waals surface area contributed by atoms with Crippen LogP contribution in [0.1, 0.15) is 17.8 Å². The summed E-state index contributed by atoms with van der Waals surface area (Å²) in [5.41, 5.74) is 2.68. The smallest absolute Gasteiger partial charge is 0.143 e. The molecule has 0 aliphatic rings. The van der Waals surface area contributed by atoms with Gasteiger partial charge in [-0.15, -0.1) is 0 Å². The second-order valence-corrected chi connectivity index (χ2v) is 12.5. The summed E-state index contributed by atoms with van der Waals surface area (Å²) in [7, 11) is 0. The Morgan fingerprint density at radius 3 is 1.80 bits per heavy atom. The van der Waals surface area contributed by atoms with Crippen LogP contribution in [0.3, 0.4) is 0 Å². The first-order valence-corrected chi connectivity index (χ1v) is 16.5. The summed E-state index contributed by atoms with van der Waals surface area (Å²) in [4.78, 5) is 0. The van der Waals surface area contributed by atoms with Gasteiger partial charge in [0.15, 0.2) is 0 Å². The molecule has 1 heteroatoms. The Kier molecular flexibility index (Phi) is 3.92. The minimum Gasteiger partial charge on any atom is -0.455 e. The van der Waals surface area contributed by atoms with Crippen molar-refractivity contribution in [2.24, 2.45) is 0 Å². The molecule has 1 heterocycles. The summed E-state index contributed by atoms with van der Waals surface area (Å²) in [6.07, 6.45) is 0. The van der Waals surface area contributed by atoms with Crippen LogP contribution in [0, 0.1) is 0 Å². The summed E-state index contributed by atoms with van der Waals surface area (Å²) in [5, 5.41) is 5.75. The molecule has 51 heavy (non-hydrogen) atoms. The van der Waals surface area contributed by atoms with Gasteiger partial charge >= 0.3 is 0 Å². The monoisotopic (exact) mass is 659 g/mol. The maximum Gasteiger partial charge on any atom is 0.143 e. The lowest BCUT2D eigenvalue weighted by Crippen LogP contribution is -1.93. The highest BCUT2D eigenvalue weighted by atomic mass is 16.3. The van der Waals surface area contributed by atoms with Crippen molar-refractivity contribution in [3.05, 3.63) is 182 Å². The van der Waals surface area contributed by atoms with Crippen molar-refractivity contribution in [1.82, 2.24) is 0 Å². The molecule has 0 amide bonds. The van der Waals surface area contributed by atoms with E-state index in [1.54, 1.807) is 0 Å². The van der Waals surface area contributed by atoms with Gasteiger partial charge in [0.2, 0.25) is 0 Å². The summed E-state index contributed by atoms with van der Waals surface area (Å²) in [6.45, 7) is 0. The highest BCUT2D eigenvalue weighted by Crippen LogP contribution is 2.49. The predicted octanol–water partition coefficient (Wildman–Crippen LogP) is 14.4. The molecular weight excluding hydrogens is 617 g/mol. The SMILES string of the molecule is [2H]c1c([2H])c([2H])c(-c2c([2H])c([2H])c3c(-c4c5ccccc5c(-c5cccc6oc7c8ccccc8ccc7c56)c5ccccc45)c([2H])c4c([2H])c([2H])c([2H])c([2H])c4c3c2[2H])c([2H])c1[2H]. The molecule has 0 radical (unpaired) electrons. The van der Waals surface area contributed by atoms with Crippen LogP contribution < -0.4 is 0 Å². The lowest BCUT2D eigenvalue weighted by Gasteiger charge is -2.20. The number of hydrogen-bond donors (Lipinski definition) is 0. The average Bonchev–Trinajstić information content (AvgIpc) is 3.70. The van der Waals surface area contributed by atoms with Crippen molar-refractivity contribution in [2.75, 3.05) is 0 Å². The Balaban J connectivity index is 1.35. The van der Waals surface area contributed by atoms with E-state index in [-0.39, 0.29) is 33.2 Å². The van der Waals surface area contributed by atoms with Crippen LogP contribution >= 0.6 is 0 Å². The Labute approximate surface area is 312 Å². The predicted molar refractivity (Wildman–Crippen MR) is 218 cm³/mol. The van der Waals surface area contributed by atoms with Crippen LogP contribution in [0.5, 0.6) is 0 Å². The zero-order chi connectivity index (χ0) is 44.8. The van der Waals surface area contributed by atoms with Crippen LogP contribution in [0.2, 0.25) is 0 Å². The lowest BCUT2D eigenvalue weighted by molar-refractivity contribution is 0.673. The fourth-order valence-electron chi connectivity index (χ4n) is 7.70. The van der Waals surface area contributed by atoms with E-state index in [2.05, 4.69) is 12.1 Å². The van der Waals surface area contributed by atoms with Gasteiger partial charge in [-0.1, -0.05) is 157 Å². The van der Waals surface area contributed by atoms with Gasteiger partial charge in [0, 0.05) is 16.2 Å². The summed E-state index contributed by atoms with van der Waals surface area (Å²) >= 11 is 0. The van der Waals surface area contributed by atoms with E-state index in [1.807, 2.05) is 91.0 Å². The van der Waals surface area contributed by atoms with Gasteiger partial charge in [-0.3, -0.25) is 0 Å². The molecule has 1 nitrogen and oxygen atoms in total. The molecule has 10 aromatic carbocycles. The maximum absolute atomic E-state index is 9.98. The average molecular weight is 660 g/mol. The number of furan rings is 1. The van der Waals surface area contributed by atoms with Crippen LogP contribution in [-0.4, -0.2) is 0 Å². The second-order valence-electron chi connectivity index (χ2n) is 12.5. The molecule has 0 bridgehead atoms. The van der Waals surface area contributed by atoms with Gasteiger partial charge in [-0.05, 0) is 106 Å². The van der Waals surface area contributed by atoms with Crippen molar-refractivity contribution in [1.29, 1.82) is 0 Å². The van der Waals surface area contributed by atoms with Gasteiger partial charge in [0.25, 0.3) is 0 Å². The maximum atomic E-state index is 9.98. The van der Waals surface area contributed by atoms with Crippen molar-refractivity contribution in [2.45, 2.75) is 0 Å². The molecule has 236 valence electrons. The molecule has 0 saturated heterocycles. The Morgan fingerprint density at radius 2 is 1.04 bits per heavy atom. The Hall–Kier alpha value is -6.70. The third kappa shape index (κ3) is 4.16. The molecule has 0 atom stereocenters. The third-order valence-electron chi connectivity index (χ3n) is 9.84. The van der Waals surface area contributed by atoms with E-state index in [1.165, 1.54) is 0 Å². The number of rotatable bonds is 3. The summed E-state index contributed by atoms with van der Waals surface area (Å²) < 4.78 is 124. The molecule has 0 fully saturated rings. The van der Waals surface area contributed by atoms with Crippen molar-refractivity contribution < 1.29 is 22.2 Å². The lowest BCUT2D eigenvalue weighted by atomic mass is 9.83. The van der Waals surface area contributed by atoms with Crippen molar-refractivity contribution in [3.8, 4) is 33.4 Å². The van der Waals surface area contributed by atoms with Gasteiger partial charge in [-0.25, -0.2) is 0 Å². The normalized spacial score (nSPS) is 15.5. The first-order valence-electron chi connectivity index (χ1n) is 23.0. The second kappa shape index (κ2) is 10.9. The summed E-state index contributed by atoms with van der Waals surface area (Å²) in [6, 6.07) is 25.2. The van der Waals surface area contributed by atoms with Crippen molar-refractivity contribution >= 4 is 75.8 Å². The van der Waals surface area contributed by atoms with Crippen molar-refractivity contribution in [3.63, 3.8) is 0 Å². The number of benzene rings is 10. The molecule has 1 aromatic heterocycles. The quantitative estimate of drug-likeness (QED) is 0.136. The molecule has 0 aliphatic heterocycles. The van der Waals surface area contributed by atoms with Gasteiger partial charge in [0.05, 0.1) is 17.8 Å². The fourth-order valence-corrected chi connectivity index (χ4v) is 7.70. The molecule has 0 aliphatic carbocycles. The number of hydrogen-bond acceptors (Lipinski definition) is 1. The van der Waals surface area contributed by atoms with E-state index < -0.39 is 83.6 Å². The van der Waals surface area contributed by atoms with E-state index in [0.717, 1.165) is 49.0 Å². The minimum atomic E-state index is -0.708.